The van der Waals surface area contributed by atoms with Gasteiger partial charge >= 0.3 is 30.2 Å². The van der Waals surface area contributed by atoms with Crippen molar-refractivity contribution in [3.8, 4) is 0 Å². The molecule has 0 unspecified atom stereocenters. The van der Waals surface area contributed by atoms with Gasteiger partial charge in [-0.3, -0.25) is 14.4 Å². The Balaban J connectivity index is 1.09. The molecular weight excluding hydrogens is 1450 g/mol. The van der Waals surface area contributed by atoms with Gasteiger partial charge in [0.25, 0.3) is 0 Å². The number of aliphatic hydroxyl groups excluding tert-OH is 3. The second kappa shape index (κ2) is 42.3. The quantitative estimate of drug-likeness (QED) is 0.00714. The van der Waals surface area contributed by atoms with E-state index in [4.69, 9.17) is 61.6 Å². The first-order valence-electron chi connectivity index (χ1n) is 35.8. The van der Waals surface area contributed by atoms with Crippen molar-refractivity contribution >= 4 is 36.1 Å². The third-order valence-electron chi connectivity index (χ3n) is 18.5. The van der Waals surface area contributed by atoms with Gasteiger partial charge in [-0.1, -0.05) is 197 Å². The molecule has 6 N–H and O–H groups in total. The molecule has 4 amide bonds. The number of nitrogens with zero attached hydrogens (tertiary/aromatic N) is 10. The summed E-state index contributed by atoms with van der Waals surface area (Å²) in [4.78, 5) is 94.8. The molecule has 35 nitrogen and oxygen atoms in total. The van der Waals surface area contributed by atoms with Crippen LogP contribution in [0.5, 0.6) is 0 Å². The third kappa shape index (κ3) is 24.3. The summed E-state index contributed by atoms with van der Waals surface area (Å²) in [6, 6.07) is 46.4. The Bertz CT molecular complexity index is 4110. The highest BCUT2D eigenvalue weighted by atomic mass is 16.8. The van der Waals surface area contributed by atoms with Crippen molar-refractivity contribution in [1.82, 2.24) is 20.9 Å². The van der Waals surface area contributed by atoms with Gasteiger partial charge in [0.05, 0.1) is 62.7 Å². The zero-order chi connectivity index (χ0) is 78.4. The SMILES string of the molecule is CC(=O)OC[C@H]1O[C@@H](O[C@@H]2[C@@H](O)[C@H](NC(=O)[C@H](CCNC(=O)OCc3ccccc3)OCc3ccccc3)[C@@H](OCc3ccccc3)[C@H](NC(=O)OCc3ccccc3)[C@H]2O[C@H]2O[C@H](CN(Cc3ccccc3)C(=O)OCc3ccccc3)CC[C@H]2N=[N+]=[N-])[C@H](OC(C)=O)[C@@H]1O[C@H]1O[C@@H](CN=[N+]=[N-])[C@H](O)[C@H](O)[C@H]1N=[N+]=[N-]. The topological polar surface area (TPSA) is 469 Å². The molecule has 6 aromatic rings. The maximum atomic E-state index is 15.6. The fraction of sp³-hybridized carbons (Fsp3) is 0.447. The van der Waals surface area contributed by atoms with Gasteiger partial charge in [0.15, 0.2) is 25.0 Å². The van der Waals surface area contributed by atoms with Crippen molar-refractivity contribution in [1.29, 1.82) is 0 Å². The van der Waals surface area contributed by atoms with Crippen LogP contribution in [-0.4, -0.2) is 199 Å². The molecule has 0 bridgehead atoms. The standard InChI is InChI=1S/C76H87N13O22/c1-46(90)99-45-58-65(109-72-60(85-88-79)63(93)62(92)57(107-72)37-81-86-77)69(105-47(2)91)73(108-58)111-68-64(94)59(82-70(95)56(100-40-49-23-11-4-12-24-49)35-36-80-74(96)102-42-51-27-15-6-16-28-51)66(101-41-50-25-13-5-14-26-50)61(83-75(97)103-43-52-29-17-7-18-30-52)67(68)110-71-55(84-87-78)34-33-54(106-71)39-89(38-48-21-9-3-10-22-48)76(98)104-44-53-31-19-8-20-32-53/h3-32,54-69,71-73,92-94H,33-45H2,1-2H3,(H,80,96)(H,82,95)(H,83,97)/t54-,55+,56-,57-,58+,59-,60+,61-,62-,63+,64-,65+,66+,67+,68+,69+,71+,72+,73-/m0/s1. The summed E-state index contributed by atoms with van der Waals surface area (Å²) in [6.07, 6.45) is -29.5. The number of hydrogen-bond acceptors (Lipinski definition) is 25. The molecule has 4 aliphatic rings. The van der Waals surface area contributed by atoms with Crippen molar-refractivity contribution in [2.75, 3.05) is 26.2 Å². The van der Waals surface area contributed by atoms with Gasteiger partial charge in [0, 0.05) is 48.1 Å². The van der Waals surface area contributed by atoms with Gasteiger partial charge in [-0.05, 0) is 62.8 Å². The minimum atomic E-state index is -2.19. The summed E-state index contributed by atoms with van der Waals surface area (Å²) in [5.41, 5.74) is 33.2. The number of esters is 2. The molecule has 1 aliphatic carbocycles. The van der Waals surface area contributed by atoms with Gasteiger partial charge in [0.2, 0.25) is 5.91 Å². The highest BCUT2D eigenvalue weighted by molar-refractivity contribution is 5.81. The number of carbonyl (C=O) groups is 6. The lowest BCUT2D eigenvalue weighted by molar-refractivity contribution is -0.302. The van der Waals surface area contributed by atoms with Gasteiger partial charge in [-0.25, -0.2) is 14.4 Å². The largest absolute Gasteiger partial charge is 0.463 e. The molecular formula is C76H87N13O22. The van der Waals surface area contributed by atoms with Crippen LogP contribution in [0.1, 0.15) is 66.5 Å². The molecule has 35 heteroatoms. The van der Waals surface area contributed by atoms with Gasteiger partial charge in [0.1, 0.15) is 81.3 Å². The van der Waals surface area contributed by atoms with Crippen LogP contribution >= 0.6 is 0 Å². The molecule has 111 heavy (non-hydrogen) atoms. The van der Waals surface area contributed by atoms with Crippen LogP contribution in [0, 0.1) is 0 Å². The Labute approximate surface area is 637 Å². The molecule has 1 saturated carbocycles. The predicted octanol–water partition coefficient (Wildman–Crippen LogP) is 8.46. The van der Waals surface area contributed by atoms with E-state index in [0.717, 1.165) is 19.4 Å². The van der Waals surface area contributed by atoms with Gasteiger partial charge in [-0.2, -0.15) is 0 Å². The summed E-state index contributed by atoms with van der Waals surface area (Å²) < 4.78 is 82.2. The summed E-state index contributed by atoms with van der Waals surface area (Å²) in [5, 5.41) is 56.1. The number of alkyl carbamates (subject to hydrolysis) is 2. The Morgan fingerprint density at radius 2 is 1.05 bits per heavy atom. The number of amides is 4. The number of azide groups is 3. The van der Waals surface area contributed by atoms with E-state index in [-0.39, 0.29) is 71.9 Å². The van der Waals surface area contributed by atoms with E-state index in [1.807, 2.05) is 30.3 Å². The number of nitrogens with one attached hydrogen (secondary N) is 3. The van der Waals surface area contributed by atoms with Crippen LogP contribution in [0.3, 0.4) is 0 Å². The van der Waals surface area contributed by atoms with Crippen LogP contribution in [0.4, 0.5) is 14.4 Å². The lowest BCUT2D eigenvalue weighted by atomic mass is 9.80. The van der Waals surface area contributed by atoms with Crippen molar-refractivity contribution in [3.05, 3.63) is 247 Å². The zero-order valence-electron chi connectivity index (χ0n) is 60.6. The molecule has 588 valence electrons. The molecule has 19 atom stereocenters. The summed E-state index contributed by atoms with van der Waals surface area (Å²) in [6.45, 7) is -0.590. The van der Waals surface area contributed by atoms with Crippen LogP contribution in [0.2, 0.25) is 0 Å². The highest BCUT2D eigenvalue weighted by Crippen LogP contribution is 2.39. The van der Waals surface area contributed by atoms with Crippen LogP contribution < -0.4 is 16.0 Å². The maximum Gasteiger partial charge on any atom is 0.410 e. The Kier molecular flexibility index (Phi) is 31.4. The number of benzene rings is 6. The number of hydrogen-bond donors (Lipinski definition) is 6. The smallest absolute Gasteiger partial charge is 0.410 e. The number of aliphatic hydroxyl groups is 3. The van der Waals surface area contributed by atoms with E-state index >= 15 is 9.59 Å². The van der Waals surface area contributed by atoms with Crippen LogP contribution in [0.25, 0.3) is 31.3 Å². The Morgan fingerprint density at radius 3 is 1.61 bits per heavy atom. The second-order valence-corrected chi connectivity index (χ2v) is 26.3. The fourth-order valence-electron chi connectivity index (χ4n) is 13.0. The van der Waals surface area contributed by atoms with Crippen molar-refractivity contribution in [2.45, 2.75) is 189 Å². The molecule has 6 aromatic carbocycles. The highest BCUT2D eigenvalue weighted by Gasteiger charge is 2.60. The first kappa shape index (κ1) is 82.5. The van der Waals surface area contributed by atoms with E-state index in [9.17, 15) is 51.1 Å². The van der Waals surface area contributed by atoms with Crippen LogP contribution in [-0.2, 0) is 116 Å². The lowest BCUT2D eigenvalue weighted by Gasteiger charge is -2.51. The average Bonchev–Trinajstić information content (AvgIpc) is 1.74. The summed E-state index contributed by atoms with van der Waals surface area (Å²) >= 11 is 0. The number of rotatable bonds is 35. The lowest BCUT2D eigenvalue weighted by Crippen LogP contribution is -2.74. The summed E-state index contributed by atoms with van der Waals surface area (Å²) in [5.74, 6) is -2.82. The maximum absolute atomic E-state index is 15.6. The van der Waals surface area contributed by atoms with E-state index < -0.39 is 166 Å². The van der Waals surface area contributed by atoms with Crippen molar-refractivity contribution < 1.29 is 106 Å². The molecule has 3 saturated heterocycles. The molecule has 0 radical (unpaired) electrons. The summed E-state index contributed by atoms with van der Waals surface area (Å²) in [7, 11) is 0. The Hall–Kier alpha value is -11.0. The second-order valence-electron chi connectivity index (χ2n) is 26.3. The molecule has 0 spiro atoms. The fourth-order valence-corrected chi connectivity index (χ4v) is 13.0. The predicted molar refractivity (Wildman–Crippen MR) is 388 cm³/mol. The first-order valence-corrected chi connectivity index (χ1v) is 35.8. The van der Waals surface area contributed by atoms with Crippen molar-refractivity contribution in [3.63, 3.8) is 0 Å². The minimum absolute atomic E-state index is 0.0128. The first-order chi connectivity index (χ1) is 53.9. The molecule has 0 aromatic heterocycles. The van der Waals surface area contributed by atoms with Gasteiger partial charge in [-0.15, -0.1) is 0 Å². The minimum Gasteiger partial charge on any atom is -0.463 e. The molecule has 3 aliphatic heterocycles. The molecule has 4 fully saturated rings. The third-order valence-corrected chi connectivity index (χ3v) is 18.5. The van der Waals surface area contributed by atoms with E-state index in [1.165, 1.54) is 4.90 Å². The van der Waals surface area contributed by atoms with E-state index in [1.54, 1.807) is 152 Å². The van der Waals surface area contributed by atoms with Crippen LogP contribution in [0.15, 0.2) is 197 Å². The van der Waals surface area contributed by atoms with Crippen molar-refractivity contribution in [2.24, 2.45) is 15.3 Å². The van der Waals surface area contributed by atoms with Gasteiger partial charge < -0.3 is 97.7 Å². The van der Waals surface area contributed by atoms with E-state index in [2.05, 4.69) is 46.0 Å². The zero-order valence-corrected chi connectivity index (χ0v) is 60.6. The number of carbonyl (C=O) groups excluding carboxylic acids is 6. The molecule has 3 heterocycles. The Morgan fingerprint density at radius 1 is 0.514 bits per heavy atom. The normalized spacial score (nSPS) is 26.3. The number of ether oxygens (including phenoxy) is 13. The monoisotopic (exact) mass is 1530 g/mol. The molecule has 10 rings (SSSR count). The van der Waals surface area contributed by atoms with E-state index in [0.29, 0.717) is 27.8 Å². The average molecular weight is 1530 g/mol.